The molecule has 4 aromatic rings. The molecule has 1 aromatic heterocycles. The summed E-state index contributed by atoms with van der Waals surface area (Å²) in [5.74, 6) is -0.949. The number of sulfonamides is 1. The maximum Gasteiger partial charge on any atom is 0.287 e. The van der Waals surface area contributed by atoms with E-state index in [-0.39, 0.29) is 28.9 Å². The first-order valence-electron chi connectivity index (χ1n) is 11.1. The van der Waals surface area contributed by atoms with Gasteiger partial charge >= 0.3 is 0 Å². The Bertz CT molecular complexity index is 1450. The Kier molecular flexibility index (Phi) is 6.12. The van der Waals surface area contributed by atoms with Gasteiger partial charge in [-0.1, -0.05) is 72.8 Å². The average Bonchev–Trinajstić information content (AvgIpc) is 2.90. The molecule has 0 aliphatic carbocycles. The second-order valence-corrected chi connectivity index (χ2v) is 9.72. The summed E-state index contributed by atoms with van der Waals surface area (Å²) in [5.41, 5.74) is 3.77. The van der Waals surface area contributed by atoms with Gasteiger partial charge in [-0.3, -0.25) is 14.5 Å². The molecule has 0 unspecified atom stereocenters. The summed E-state index contributed by atoms with van der Waals surface area (Å²) in [4.78, 5) is 21.4. The monoisotopic (exact) mass is 482 g/mol. The molecule has 3 aromatic carbocycles. The number of benzene rings is 3. The number of nitrogens with one attached hydrogen (secondary N) is 2. The van der Waals surface area contributed by atoms with Gasteiger partial charge in [0.2, 0.25) is 5.84 Å². The van der Waals surface area contributed by atoms with Crippen LogP contribution in [0.1, 0.15) is 17.0 Å². The number of hydrogen-bond donors (Lipinski definition) is 2. The number of nitrogens with zero attached hydrogens (tertiary/aromatic N) is 2. The predicted octanol–water partition coefficient (Wildman–Crippen LogP) is 4.02. The maximum absolute atomic E-state index is 13.0. The Balaban J connectivity index is 1.40. The lowest BCUT2D eigenvalue weighted by Crippen LogP contribution is -2.45. The van der Waals surface area contributed by atoms with Crippen molar-refractivity contribution in [1.29, 1.82) is 0 Å². The van der Waals surface area contributed by atoms with Crippen LogP contribution in [-0.4, -0.2) is 31.7 Å². The fourth-order valence-electron chi connectivity index (χ4n) is 4.03. The molecule has 2 N–H and O–H groups in total. The second kappa shape index (κ2) is 9.52. The molecule has 0 saturated heterocycles. The first-order chi connectivity index (χ1) is 17.0. The highest BCUT2D eigenvalue weighted by molar-refractivity contribution is 7.90. The highest BCUT2D eigenvalue weighted by Crippen LogP contribution is 2.32. The van der Waals surface area contributed by atoms with Crippen molar-refractivity contribution in [1.82, 2.24) is 15.0 Å². The van der Waals surface area contributed by atoms with Gasteiger partial charge in [-0.25, -0.2) is 13.4 Å². The zero-order valence-electron chi connectivity index (χ0n) is 18.6. The van der Waals surface area contributed by atoms with Crippen LogP contribution in [-0.2, 0) is 14.8 Å². The van der Waals surface area contributed by atoms with Crippen LogP contribution in [0.4, 0.5) is 5.69 Å². The largest absolute Gasteiger partial charge is 0.348 e. The minimum Gasteiger partial charge on any atom is -0.348 e. The van der Waals surface area contributed by atoms with Gasteiger partial charge in [0, 0.05) is 30.4 Å². The average molecular weight is 483 g/mol. The third-order valence-corrected chi connectivity index (χ3v) is 7.16. The number of amidine groups is 1. The maximum atomic E-state index is 13.0. The SMILES string of the molecule is O=C(NCC(c1ccccc1)c1ccccc1)C1=Nc2ccc(-c3cccnc3)cc2S(=O)(=O)N1. The number of aliphatic imine (C=N–C) groups is 1. The summed E-state index contributed by atoms with van der Waals surface area (Å²) in [6.45, 7) is 0.278. The van der Waals surface area contributed by atoms with E-state index in [2.05, 4.69) is 20.0 Å². The fraction of sp³-hybridized carbons (Fsp3) is 0.0741. The molecule has 8 heteroatoms. The summed E-state index contributed by atoms with van der Waals surface area (Å²) in [6.07, 6.45) is 3.30. The molecule has 35 heavy (non-hydrogen) atoms. The Labute approximate surface area is 203 Å². The predicted molar refractivity (Wildman–Crippen MR) is 135 cm³/mol. The Morgan fingerprint density at radius 2 is 1.54 bits per heavy atom. The first kappa shape index (κ1) is 22.5. The second-order valence-electron chi connectivity index (χ2n) is 8.07. The van der Waals surface area contributed by atoms with Crippen molar-refractivity contribution in [2.75, 3.05) is 6.54 Å². The standard InChI is InChI=1S/C27H22N4O3S/c32-27(29-18-23(19-8-3-1-4-9-19)20-10-5-2-6-11-20)26-30-24-14-13-21(22-12-7-15-28-17-22)16-25(24)35(33,34)31-26/h1-17,23H,18H2,(H,29,32)(H,30,31). The van der Waals surface area contributed by atoms with Crippen molar-refractivity contribution >= 4 is 27.5 Å². The van der Waals surface area contributed by atoms with E-state index in [1.807, 2.05) is 66.7 Å². The van der Waals surface area contributed by atoms with Crippen LogP contribution in [0.3, 0.4) is 0 Å². The smallest absolute Gasteiger partial charge is 0.287 e. The van der Waals surface area contributed by atoms with E-state index >= 15 is 0 Å². The van der Waals surface area contributed by atoms with Crippen molar-refractivity contribution < 1.29 is 13.2 Å². The van der Waals surface area contributed by atoms with E-state index < -0.39 is 15.9 Å². The number of amides is 1. The van der Waals surface area contributed by atoms with Gasteiger partial charge in [0.1, 0.15) is 4.90 Å². The number of rotatable bonds is 6. The van der Waals surface area contributed by atoms with E-state index in [9.17, 15) is 13.2 Å². The first-order valence-corrected chi connectivity index (χ1v) is 12.5. The summed E-state index contributed by atoms with van der Waals surface area (Å²) in [5, 5.41) is 2.85. The van der Waals surface area contributed by atoms with Gasteiger partial charge in [-0.05, 0) is 34.9 Å². The van der Waals surface area contributed by atoms with Crippen molar-refractivity contribution in [3.8, 4) is 11.1 Å². The number of carbonyl (C=O) groups is 1. The van der Waals surface area contributed by atoms with Crippen LogP contribution in [0.5, 0.6) is 0 Å². The Morgan fingerprint density at radius 3 is 2.17 bits per heavy atom. The third-order valence-electron chi connectivity index (χ3n) is 5.79. The van der Waals surface area contributed by atoms with Gasteiger partial charge in [-0.15, -0.1) is 0 Å². The van der Waals surface area contributed by atoms with Gasteiger partial charge < -0.3 is 5.32 Å². The molecule has 0 atom stereocenters. The van der Waals surface area contributed by atoms with Crippen LogP contribution in [0, 0.1) is 0 Å². The molecule has 0 radical (unpaired) electrons. The van der Waals surface area contributed by atoms with Crippen LogP contribution >= 0.6 is 0 Å². The Hall–Kier alpha value is -4.30. The molecular weight excluding hydrogens is 460 g/mol. The van der Waals surface area contributed by atoms with Crippen LogP contribution in [0.25, 0.3) is 11.1 Å². The Morgan fingerprint density at radius 1 is 0.857 bits per heavy atom. The van der Waals surface area contributed by atoms with E-state index in [0.717, 1.165) is 16.7 Å². The molecule has 1 aliphatic rings. The molecule has 7 nitrogen and oxygen atoms in total. The molecule has 2 heterocycles. The molecule has 0 saturated carbocycles. The van der Waals surface area contributed by atoms with Crippen molar-refractivity contribution in [3.63, 3.8) is 0 Å². The molecule has 0 fully saturated rings. The lowest BCUT2D eigenvalue weighted by Gasteiger charge is -2.21. The normalized spacial score (nSPS) is 13.9. The summed E-state index contributed by atoms with van der Waals surface area (Å²) in [6, 6.07) is 28.2. The minimum absolute atomic E-state index is 0.0156. The minimum atomic E-state index is -3.97. The highest BCUT2D eigenvalue weighted by Gasteiger charge is 2.29. The fourth-order valence-corrected chi connectivity index (χ4v) is 5.21. The molecule has 1 aliphatic heterocycles. The van der Waals surface area contributed by atoms with E-state index in [1.54, 1.807) is 30.6 Å². The molecule has 174 valence electrons. The van der Waals surface area contributed by atoms with Gasteiger partial charge in [0.25, 0.3) is 15.9 Å². The molecule has 0 bridgehead atoms. The number of hydrogen-bond acceptors (Lipinski definition) is 5. The number of aromatic nitrogens is 1. The summed E-state index contributed by atoms with van der Waals surface area (Å²) >= 11 is 0. The summed E-state index contributed by atoms with van der Waals surface area (Å²) < 4.78 is 28.3. The number of pyridine rings is 1. The lowest BCUT2D eigenvalue weighted by atomic mass is 9.91. The topological polar surface area (TPSA) is 101 Å². The quantitative estimate of drug-likeness (QED) is 0.434. The van der Waals surface area contributed by atoms with Crippen LogP contribution in [0.2, 0.25) is 0 Å². The molecule has 0 spiro atoms. The van der Waals surface area contributed by atoms with Gasteiger partial charge in [-0.2, -0.15) is 0 Å². The number of fused-ring (bicyclic) bond motifs is 1. The molecule has 1 amide bonds. The third kappa shape index (κ3) is 4.83. The molecule has 5 rings (SSSR count). The van der Waals surface area contributed by atoms with Crippen molar-refractivity contribution in [3.05, 3.63) is 115 Å². The van der Waals surface area contributed by atoms with Crippen LogP contribution in [0.15, 0.2) is 113 Å². The van der Waals surface area contributed by atoms with Gasteiger partial charge in [0.15, 0.2) is 0 Å². The van der Waals surface area contributed by atoms with E-state index in [1.165, 1.54) is 6.07 Å². The molecular formula is C27H22N4O3S. The van der Waals surface area contributed by atoms with E-state index in [0.29, 0.717) is 5.56 Å². The van der Waals surface area contributed by atoms with Crippen LogP contribution < -0.4 is 10.0 Å². The van der Waals surface area contributed by atoms with Crippen molar-refractivity contribution in [2.45, 2.75) is 10.8 Å². The van der Waals surface area contributed by atoms with Crippen molar-refractivity contribution in [2.24, 2.45) is 4.99 Å². The summed E-state index contributed by atoms with van der Waals surface area (Å²) in [7, 11) is -3.97. The number of carbonyl (C=O) groups excluding carboxylic acids is 1. The highest BCUT2D eigenvalue weighted by atomic mass is 32.2. The zero-order valence-corrected chi connectivity index (χ0v) is 19.4. The van der Waals surface area contributed by atoms with E-state index in [4.69, 9.17) is 0 Å². The van der Waals surface area contributed by atoms with Gasteiger partial charge in [0.05, 0.1) is 5.69 Å². The lowest BCUT2D eigenvalue weighted by molar-refractivity contribution is -0.115. The zero-order chi connectivity index (χ0) is 24.3.